The van der Waals surface area contributed by atoms with E-state index in [4.69, 9.17) is 16.0 Å². The van der Waals surface area contributed by atoms with E-state index in [1.54, 1.807) is 18.2 Å². The summed E-state index contributed by atoms with van der Waals surface area (Å²) in [5, 5.41) is 8.91. The van der Waals surface area contributed by atoms with Crippen LogP contribution < -0.4 is 0 Å². The van der Waals surface area contributed by atoms with Crippen LogP contribution in [0.15, 0.2) is 52.9 Å². The quantitative estimate of drug-likeness (QED) is 0.688. The number of benzene rings is 2. The van der Waals surface area contributed by atoms with Crippen molar-refractivity contribution in [1.82, 2.24) is 15.1 Å². The Hall–Kier alpha value is -2.24. The van der Waals surface area contributed by atoms with Gasteiger partial charge in [-0.25, -0.2) is 4.39 Å². The molecule has 0 bridgehead atoms. The Labute approximate surface area is 150 Å². The summed E-state index contributed by atoms with van der Waals surface area (Å²) < 4.78 is 19.6. The van der Waals surface area contributed by atoms with Gasteiger partial charge in [0, 0.05) is 18.1 Å². The molecule has 2 heterocycles. The van der Waals surface area contributed by atoms with Gasteiger partial charge >= 0.3 is 0 Å². The summed E-state index contributed by atoms with van der Waals surface area (Å²) in [4.78, 5) is 2.34. The van der Waals surface area contributed by atoms with Gasteiger partial charge in [0.2, 0.25) is 5.89 Å². The van der Waals surface area contributed by atoms with Crippen molar-refractivity contribution in [3.05, 3.63) is 70.8 Å². The van der Waals surface area contributed by atoms with Gasteiger partial charge in [-0.15, -0.1) is 10.2 Å². The molecule has 128 valence electrons. The van der Waals surface area contributed by atoms with Crippen molar-refractivity contribution in [1.29, 1.82) is 0 Å². The summed E-state index contributed by atoms with van der Waals surface area (Å²) in [6.07, 6.45) is 0.944. The average Bonchev–Trinajstić information content (AvgIpc) is 3.24. The monoisotopic (exact) mass is 357 g/mol. The predicted molar refractivity (Wildman–Crippen MR) is 93.8 cm³/mol. The maximum absolute atomic E-state index is 13.9. The van der Waals surface area contributed by atoms with Crippen molar-refractivity contribution in [3.8, 4) is 11.5 Å². The maximum atomic E-state index is 13.9. The van der Waals surface area contributed by atoms with Crippen molar-refractivity contribution in [2.24, 2.45) is 0 Å². The topological polar surface area (TPSA) is 42.2 Å². The van der Waals surface area contributed by atoms with Gasteiger partial charge in [-0.1, -0.05) is 35.9 Å². The van der Waals surface area contributed by atoms with E-state index in [0.717, 1.165) is 31.1 Å². The number of rotatable bonds is 4. The molecule has 2 aromatic carbocycles. The fraction of sp³-hybridized carbons (Fsp3) is 0.263. The molecule has 1 saturated heterocycles. The van der Waals surface area contributed by atoms with E-state index in [0.29, 0.717) is 11.5 Å². The van der Waals surface area contributed by atoms with Crippen molar-refractivity contribution in [2.75, 3.05) is 13.1 Å². The molecule has 25 heavy (non-hydrogen) atoms. The third kappa shape index (κ3) is 3.57. The number of aromatic nitrogens is 2. The largest absolute Gasteiger partial charge is 0.420 e. The minimum atomic E-state index is -0.355. The molecule has 0 radical (unpaired) electrons. The van der Waals surface area contributed by atoms with E-state index in [9.17, 15) is 4.39 Å². The van der Waals surface area contributed by atoms with Crippen molar-refractivity contribution >= 4 is 11.6 Å². The predicted octanol–water partition coefficient (Wildman–Crippen LogP) is 4.52. The Kier molecular flexibility index (Phi) is 4.51. The van der Waals surface area contributed by atoms with E-state index in [1.807, 2.05) is 18.2 Å². The van der Waals surface area contributed by atoms with Crippen molar-refractivity contribution in [3.63, 3.8) is 0 Å². The Morgan fingerprint density at radius 3 is 2.88 bits per heavy atom. The first kappa shape index (κ1) is 16.2. The zero-order valence-corrected chi connectivity index (χ0v) is 14.3. The highest BCUT2D eigenvalue weighted by atomic mass is 35.5. The normalized spacial score (nSPS) is 17.9. The molecule has 4 nitrogen and oxygen atoms in total. The van der Waals surface area contributed by atoms with Crippen LogP contribution >= 0.6 is 11.6 Å². The highest BCUT2D eigenvalue weighted by Gasteiger charge is 2.28. The van der Waals surface area contributed by atoms with E-state index in [1.165, 1.54) is 11.6 Å². The van der Waals surface area contributed by atoms with Gasteiger partial charge in [-0.3, -0.25) is 4.90 Å². The molecule has 1 aliphatic heterocycles. The fourth-order valence-electron chi connectivity index (χ4n) is 3.21. The van der Waals surface area contributed by atoms with E-state index in [-0.39, 0.29) is 17.6 Å². The third-order valence-electron chi connectivity index (χ3n) is 4.46. The van der Waals surface area contributed by atoms with Gasteiger partial charge in [0.1, 0.15) is 5.82 Å². The molecule has 6 heteroatoms. The zero-order valence-electron chi connectivity index (χ0n) is 13.5. The fourth-order valence-corrected chi connectivity index (χ4v) is 3.43. The van der Waals surface area contributed by atoms with Crippen LogP contribution in [0.25, 0.3) is 11.5 Å². The first-order chi connectivity index (χ1) is 12.2. The molecule has 0 amide bonds. The van der Waals surface area contributed by atoms with Gasteiger partial charge in [0.25, 0.3) is 5.89 Å². The molecule has 0 aliphatic carbocycles. The zero-order chi connectivity index (χ0) is 17.2. The second-order valence-electron chi connectivity index (χ2n) is 6.28. The summed E-state index contributed by atoms with van der Waals surface area (Å²) in [5.41, 5.74) is 1.53. The van der Waals surface area contributed by atoms with Crippen LogP contribution in [0.5, 0.6) is 0 Å². The highest BCUT2D eigenvalue weighted by Crippen LogP contribution is 2.30. The molecule has 0 spiro atoms. The first-order valence-electron chi connectivity index (χ1n) is 8.24. The van der Waals surface area contributed by atoms with Crippen LogP contribution in [0.2, 0.25) is 5.02 Å². The van der Waals surface area contributed by atoms with Crippen LogP contribution in [0, 0.1) is 5.82 Å². The first-order valence-corrected chi connectivity index (χ1v) is 8.62. The maximum Gasteiger partial charge on any atom is 0.250 e. The molecule has 0 N–H and O–H groups in total. The van der Waals surface area contributed by atoms with Gasteiger partial charge in [0.05, 0.1) is 11.5 Å². The summed E-state index contributed by atoms with van der Waals surface area (Å²) in [5.74, 6) is 0.632. The minimum Gasteiger partial charge on any atom is -0.420 e. The lowest BCUT2D eigenvalue weighted by molar-refractivity contribution is 0.320. The molecular formula is C19H17ClFN3O. The van der Waals surface area contributed by atoms with Crippen LogP contribution in [-0.2, 0) is 6.54 Å². The number of likely N-dealkylation sites (tertiary alicyclic amines) is 1. The summed E-state index contributed by atoms with van der Waals surface area (Å²) >= 11 is 6.05. The van der Waals surface area contributed by atoms with Gasteiger partial charge in [-0.2, -0.15) is 0 Å². The summed E-state index contributed by atoms with van der Waals surface area (Å²) in [6.45, 7) is 2.63. The highest BCUT2D eigenvalue weighted by molar-refractivity contribution is 6.30. The lowest BCUT2D eigenvalue weighted by Crippen LogP contribution is -2.19. The van der Waals surface area contributed by atoms with Crippen LogP contribution in [0.1, 0.15) is 23.8 Å². The van der Waals surface area contributed by atoms with Crippen LogP contribution in [0.4, 0.5) is 4.39 Å². The Morgan fingerprint density at radius 2 is 2.04 bits per heavy atom. The molecule has 1 fully saturated rings. The molecule has 0 saturated carbocycles. The summed E-state index contributed by atoms with van der Waals surface area (Å²) in [6, 6.07) is 14.3. The molecule has 3 aromatic rings. The van der Waals surface area contributed by atoms with E-state index < -0.39 is 0 Å². The minimum absolute atomic E-state index is 0.173. The lowest BCUT2D eigenvalue weighted by Gasteiger charge is -2.15. The van der Waals surface area contributed by atoms with E-state index >= 15 is 0 Å². The average molecular weight is 358 g/mol. The Balaban J connectivity index is 1.45. The number of hydrogen-bond acceptors (Lipinski definition) is 4. The lowest BCUT2D eigenvalue weighted by atomic mass is 10.1. The Morgan fingerprint density at radius 1 is 1.16 bits per heavy atom. The number of nitrogens with zero attached hydrogens (tertiary/aromatic N) is 3. The van der Waals surface area contributed by atoms with Crippen molar-refractivity contribution in [2.45, 2.75) is 18.9 Å². The molecule has 4 rings (SSSR count). The van der Waals surface area contributed by atoms with Crippen molar-refractivity contribution < 1.29 is 8.81 Å². The Bertz CT molecular complexity index is 882. The summed E-state index contributed by atoms with van der Waals surface area (Å²) in [7, 11) is 0. The second-order valence-corrected chi connectivity index (χ2v) is 6.71. The standard InChI is InChI=1S/C19H17ClFN3O/c20-15-5-3-4-13(10-15)11-24-9-8-14(12-24)18-22-23-19(25-18)16-6-1-2-7-17(16)21/h1-7,10,14H,8-9,11-12H2/t14-/m0/s1. The molecule has 1 atom stereocenters. The van der Waals surface area contributed by atoms with Gasteiger partial charge < -0.3 is 4.42 Å². The third-order valence-corrected chi connectivity index (χ3v) is 4.70. The molecule has 1 aliphatic rings. The number of halogens is 2. The molecular weight excluding hydrogens is 341 g/mol. The molecule has 0 unspecified atom stereocenters. The van der Waals surface area contributed by atoms with Gasteiger partial charge in [-0.05, 0) is 42.8 Å². The van der Waals surface area contributed by atoms with Gasteiger partial charge in [0.15, 0.2) is 0 Å². The second kappa shape index (κ2) is 6.94. The SMILES string of the molecule is Fc1ccccc1-c1nnc([C@H]2CCN(Cc3cccc(Cl)c3)C2)o1. The van der Waals surface area contributed by atoms with Crippen LogP contribution in [-0.4, -0.2) is 28.2 Å². The smallest absolute Gasteiger partial charge is 0.250 e. The number of hydrogen-bond donors (Lipinski definition) is 0. The van der Waals surface area contributed by atoms with E-state index in [2.05, 4.69) is 21.2 Å². The molecule has 1 aromatic heterocycles. The van der Waals surface area contributed by atoms with Crippen LogP contribution in [0.3, 0.4) is 0 Å².